The predicted octanol–water partition coefficient (Wildman–Crippen LogP) is 1.58. The van der Waals surface area contributed by atoms with Crippen molar-refractivity contribution in [2.45, 2.75) is 12.8 Å². The fourth-order valence-corrected chi connectivity index (χ4v) is 2.12. The summed E-state index contributed by atoms with van der Waals surface area (Å²) in [6.45, 7) is 1.97. The summed E-state index contributed by atoms with van der Waals surface area (Å²) in [6.07, 6.45) is 1.59. The summed E-state index contributed by atoms with van der Waals surface area (Å²) >= 11 is 0. The molecule has 16 heavy (non-hydrogen) atoms. The van der Waals surface area contributed by atoms with Crippen molar-refractivity contribution in [1.29, 1.82) is 0 Å². The number of carbonyl (C=O) groups excluding carboxylic acids is 1. The molecule has 4 nitrogen and oxygen atoms in total. The Labute approximate surface area is 93.8 Å². The van der Waals surface area contributed by atoms with E-state index in [-0.39, 0.29) is 5.91 Å². The number of nitrogens with zero attached hydrogens (tertiary/aromatic N) is 1. The second kappa shape index (κ2) is 3.70. The largest absolute Gasteiger partial charge is 0.486 e. The van der Waals surface area contributed by atoms with E-state index >= 15 is 0 Å². The van der Waals surface area contributed by atoms with Gasteiger partial charge in [0.2, 0.25) is 5.91 Å². The molecule has 1 amide bonds. The van der Waals surface area contributed by atoms with Crippen LogP contribution in [-0.2, 0) is 4.79 Å². The Bertz CT molecular complexity index is 430. The van der Waals surface area contributed by atoms with E-state index in [2.05, 4.69) is 0 Å². The van der Waals surface area contributed by atoms with E-state index in [1.807, 2.05) is 18.2 Å². The van der Waals surface area contributed by atoms with Gasteiger partial charge in [-0.1, -0.05) is 0 Å². The first-order valence-electron chi connectivity index (χ1n) is 5.54. The zero-order valence-corrected chi connectivity index (χ0v) is 8.94. The molecule has 0 N–H and O–H groups in total. The zero-order valence-electron chi connectivity index (χ0n) is 8.94. The molecule has 1 aromatic rings. The van der Waals surface area contributed by atoms with E-state index in [1.54, 1.807) is 4.90 Å². The van der Waals surface area contributed by atoms with Crippen LogP contribution in [0.15, 0.2) is 18.2 Å². The zero-order chi connectivity index (χ0) is 11.0. The van der Waals surface area contributed by atoms with Crippen LogP contribution in [-0.4, -0.2) is 25.7 Å². The van der Waals surface area contributed by atoms with Crippen molar-refractivity contribution in [3.05, 3.63) is 18.2 Å². The Morgan fingerprint density at radius 3 is 2.69 bits per heavy atom. The van der Waals surface area contributed by atoms with Gasteiger partial charge in [0.05, 0.1) is 0 Å². The number of hydrogen-bond acceptors (Lipinski definition) is 3. The van der Waals surface area contributed by atoms with Crippen LogP contribution in [0.3, 0.4) is 0 Å². The maximum Gasteiger partial charge on any atom is 0.227 e. The highest BCUT2D eigenvalue weighted by Crippen LogP contribution is 2.35. The van der Waals surface area contributed by atoms with Crippen molar-refractivity contribution in [3.63, 3.8) is 0 Å². The first-order chi connectivity index (χ1) is 7.84. The average molecular weight is 219 g/mol. The maximum atomic E-state index is 11.6. The van der Waals surface area contributed by atoms with Crippen molar-refractivity contribution in [2.24, 2.45) is 0 Å². The van der Waals surface area contributed by atoms with Gasteiger partial charge in [0.15, 0.2) is 11.5 Å². The van der Waals surface area contributed by atoms with Gasteiger partial charge < -0.3 is 14.4 Å². The van der Waals surface area contributed by atoms with Crippen LogP contribution in [0, 0.1) is 0 Å². The highest BCUT2D eigenvalue weighted by molar-refractivity contribution is 5.95. The molecule has 4 heteroatoms. The number of hydrogen-bond donors (Lipinski definition) is 0. The fourth-order valence-electron chi connectivity index (χ4n) is 2.12. The number of amides is 1. The SMILES string of the molecule is O=C1CCCN1c1ccc2c(c1)OCCO2. The van der Waals surface area contributed by atoms with Gasteiger partial charge >= 0.3 is 0 Å². The van der Waals surface area contributed by atoms with Crippen molar-refractivity contribution in [3.8, 4) is 11.5 Å². The van der Waals surface area contributed by atoms with Crippen LogP contribution in [0.25, 0.3) is 0 Å². The van der Waals surface area contributed by atoms with E-state index in [0.29, 0.717) is 19.6 Å². The lowest BCUT2D eigenvalue weighted by molar-refractivity contribution is -0.117. The first-order valence-corrected chi connectivity index (χ1v) is 5.54. The van der Waals surface area contributed by atoms with E-state index in [1.165, 1.54) is 0 Å². The third-order valence-corrected chi connectivity index (χ3v) is 2.91. The van der Waals surface area contributed by atoms with Crippen LogP contribution in [0.2, 0.25) is 0 Å². The Hall–Kier alpha value is -1.71. The minimum atomic E-state index is 0.191. The quantitative estimate of drug-likeness (QED) is 0.720. The molecule has 0 radical (unpaired) electrons. The molecule has 84 valence electrons. The number of carbonyl (C=O) groups is 1. The lowest BCUT2D eigenvalue weighted by Gasteiger charge is -2.21. The summed E-state index contributed by atoms with van der Waals surface area (Å²) in [5, 5.41) is 0. The van der Waals surface area contributed by atoms with Gasteiger partial charge in [-0.25, -0.2) is 0 Å². The number of rotatable bonds is 1. The molecule has 3 rings (SSSR count). The number of ether oxygens (including phenoxy) is 2. The number of anilines is 1. The normalized spacial score (nSPS) is 19.0. The van der Waals surface area contributed by atoms with E-state index in [0.717, 1.165) is 30.2 Å². The summed E-state index contributed by atoms with van der Waals surface area (Å²) in [4.78, 5) is 13.4. The second-order valence-corrected chi connectivity index (χ2v) is 3.98. The van der Waals surface area contributed by atoms with Crippen molar-refractivity contribution in [2.75, 3.05) is 24.7 Å². The smallest absolute Gasteiger partial charge is 0.227 e. The first kappa shape index (κ1) is 9.51. The topological polar surface area (TPSA) is 38.8 Å². The molecular formula is C12H13NO3. The Balaban J connectivity index is 1.93. The van der Waals surface area contributed by atoms with E-state index in [9.17, 15) is 4.79 Å². The van der Waals surface area contributed by atoms with Gasteiger partial charge in [0, 0.05) is 24.7 Å². The molecule has 0 atom stereocenters. The Morgan fingerprint density at radius 2 is 1.94 bits per heavy atom. The van der Waals surface area contributed by atoms with Crippen molar-refractivity contribution < 1.29 is 14.3 Å². The van der Waals surface area contributed by atoms with Crippen LogP contribution >= 0.6 is 0 Å². The summed E-state index contributed by atoms with van der Waals surface area (Å²) in [5.41, 5.74) is 0.909. The van der Waals surface area contributed by atoms with Gasteiger partial charge in [0.25, 0.3) is 0 Å². The Kier molecular flexibility index (Phi) is 2.20. The van der Waals surface area contributed by atoms with Crippen molar-refractivity contribution in [1.82, 2.24) is 0 Å². The van der Waals surface area contributed by atoms with E-state index < -0.39 is 0 Å². The predicted molar refractivity (Wildman–Crippen MR) is 59.0 cm³/mol. The third kappa shape index (κ3) is 1.50. The summed E-state index contributed by atoms with van der Waals surface area (Å²) in [6, 6.07) is 5.67. The van der Waals surface area contributed by atoms with Crippen LogP contribution in [0.4, 0.5) is 5.69 Å². The molecule has 0 bridgehead atoms. The highest BCUT2D eigenvalue weighted by Gasteiger charge is 2.23. The lowest BCUT2D eigenvalue weighted by atomic mass is 10.2. The minimum absolute atomic E-state index is 0.191. The van der Waals surface area contributed by atoms with Crippen LogP contribution < -0.4 is 14.4 Å². The third-order valence-electron chi connectivity index (χ3n) is 2.91. The lowest BCUT2D eigenvalue weighted by Crippen LogP contribution is -2.24. The monoisotopic (exact) mass is 219 g/mol. The Morgan fingerprint density at radius 1 is 1.12 bits per heavy atom. The number of benzene rings is 1. The molecule has 1 aromatic carbocycles. The second-order valence-electron chi connectivity index (χ2n) is 3.98. The summed E-state index contributed by atoms with van der Waals surface area (Å²) in [7, 11) is 0. The van der Waals surface area contributed by atoms with Gasteiger partial charge in [0.1, 0.15) is 13.2 Å². The molecule has 0 spiro atoms. The standard InChI is InChI=1S/C12H13NO3/c14-12-2-1-5-13(12)9-3-4-10-11(8-9)16-7-6-15-10/h3-4,8H,1-2,5-7H2. The summed E-state index contributed by atoms with van der Waals surface area (Å²) < 4.78 is 10.9. The van der Waals surface area contributed by atoms with Crippen LogP contribution in [0.1, 0.15) is 12.8 Å². The molecule has 0 aromatic heterocycles. The van der Waals surface area contributed by atoms with Gasteiger partial charge in [-0.05, 0) is 18.6 Å². The molecule has 2 aliphatic rings. The number of fused-ring (bicyclic) bond motifs is 1. The van der Waals surface area contributed by atoms with Gasteiger partial charge in [-0.3, -0.25) is 4.79 Å². The summed E-state index contributed by atoms with van der Waals surface area (Å²) in [5.74, 6) is 1.70. The highest BCUT2D eigenvalue weighted by atomic mass is 16.6. The van der Waals surface area contributed by atoms with Crippen molar-refractivity contribution >= 4 is 11.6 Å². The average Bonchev–Trinajstić information content (AvgIpc) is 2.75. The van der Waals surface area contributed by atoms with Crippen LogP contribution in [0.5, 0.6) is 11.5 Å². The van der Waals surface area contributed by atoms with E-state index in [4.69, 9.17) is 9.47 Å². The molecular weight excluding hydrogens is 206 g/mol. The molecule has 0 unspecified atom stereocenters. The van der Waals surface area contributed by atoms with Gasteiger partial charge in [-0.2, -0.15) is 0 Å². The molecule has 1 fully saturated rings. The molecule has 1 saturated heterocycles. The van der Waals surface area contributed by atoms with Gasteiger partial charge in [-0.15, -0.1) is 0 Å². The molecule has 0 saturated carbocycles. The molecule has 0 aliphatic carbocycles. The maximum absolute atomic E-state index is 11.6. The minimum Gasteiger partial charge on any atom is -0.486 e. The fraction of sp³-hybridized carbons (Fsp3) is 0.417. The molecule has 2 aliphatic heterocycles. The molecule has 2 heterocycles.